The molecule has 0 aliphatic rings. The Bertz CT molecular complexity index is 982. The van der Waals surface area contributed by atoms with Crippen LogP contribution >= 0.6 is 0 Å². The number of benzene rings is 2. The highest BCUT2D eigenvalue weighted by Crippen LogP contribution is 2.19. The minimum absolute atomic E-state index is 0.217. The number of hydrogen-bond donors (Lipinski definition) is 2. The number of rotatable bonds is 5. The topological polar surface area (TPSA) is 66.9 Å². The van der Waals surface area contributed by atoms with E-state index in [1.807, 2.05) is 31.2 Å². The molecule has 0 spiro atoms. The molecule has 1 aromatic heterocycles. The van der Waals surface area contributed by atoms with Crippen molar-refractivity contribution in [1.82, 2.24) is 15.3 Å². The molecule has 138 valence electrons. The van der Waals surface area contributed by atoms with Crippen LogP contribution in [-0.4, -0.2) is 15.9 Å². The van der Waals surface area contributed by atoms with E-state index < -0.39 is 0 Å². The van der Waals surface area contributed by atoms with Gasteiger partial charge in [0.2, 0.25) is 0 Å². The molecule has 0 saturated carbocycles. The first-order valence-electron chi connectivity index (χ1n) is 8.94. The summed E-state index contributed by atoms with van der Waals surface area (Å²) >= 11 is 0. The zero-order chi connectivity index (χ0) is 19.4. The van der Waals surface area contributed by atoms with E-state index in [0.717, 1.165) is 11.3 Å². The van der Waals surface area contributed by atoms with Crippen LogP contribution in [0.3, 0.4) is 0 Å². The molecule has 0 saturated heterocycles. The van der Waals surface area contributed by atoms with Gasteiger partial charge in [-0.25, -0.2) is 9.97 Å². The van der Waals surface area contributed by atoms with Crippen molar-refractivity contribution in [2.75, 3.05) is 5.32 Å². The molecule has 0 atom stereocenters. The second-order valence-electron chi connectivity index (χ2n) is 6.78. The number of anilines is 2. The van der Waals surface area contributed by atoms with Gasteiger partial charge in [0.25, 0.3) is 5.91 Å². The predicted octanol–water partition coefficient (Wildman–Crippen LogP) is 4.38. The highest BCUT2D eigenvalue weighted by atomic mass is 16.1. The van der Waals surface area contributed by atoms with Gasteiger partial charge in [0.15, 0.2) is 0 Å². The molecule has 5 nitrogen and oxygen atoms in total. The number of amides is 1. The highest BCUT2D eigenvalue weighted by Gasteiger charge is 2.11. The lowest BCUT2D eigenvalue weighted by atomic mass is 10.1. The number of aryl methyl sites for hydroxylation is 4. The SMILES string of the molecule is Cc1cccc(CNC(=O)c2cc(Nc3ccc(C)c(C)c3)nc(C)n2)c1. The molecular formula is C22H24N4O. The Morgan fingerprint density at radius 1 is 0.926 bits per heavy atom. The van der Waals surface area contributed by atoms with Crippen molar-refractivity contribution in [1.29, 1.82) is 0 Å². The molecule has 3 aromatic rings. The van der Waals surface area contributed by atoms with Crippen molar-refractivity contribution in [3.8, 4) is 0 Å². The number of carbonyl (C=O) groups excluding carboxylic acids is 1. The largest absolute Gasteiger partial charge is 0.347 e. The van der Waals surface area contributed by atoms with E-state index >= 15 is 0 Å². The number of nitrogens with one attached hydrogen (secondary N) is 2. The highest BCUT2D eigenvalue weighted by molar-refractivity contribution is 5.93. The maximum Gasteiger partial charge on any atom is 0.270 e. The van der Waals surface area contributed by atoms with Crippen LogP contribution < -0.4 is 10.6 Å². The molecule has 5 heteroatoms. The summed E-state index contributed by atoms with van der Waals surface area (Å²) in [5.74, 6) is 0.932. The summed E-state index contributed by atoms with van der Waals surface area (Å²) in [6.07, 6.45) is 0. The quantitative estimate of drug-likeness (QED) is 0.708. The van der Waals surface area contributed by atoms with Gasteiger partial charge >= 0.3 is 0 Å². The van der Waals surface area contributed by atoms with Gasteiger partial charge in [0.05, 0.1) is 0 Å². The number of carbonyl (C=O) groups is 1. The van der Waals surface area contributed by atoms with Crippen LogP contribution in [-0.2, 0) is 6.54 Å². The monoisotopic (exact) mass is 360 g/mol. The normalized spacial score (nSPS) is 10.5. The Morgan fingerprint density at radius 3 is 2.48 bits per heavy atom. The van der Waals surface area contributed by atoms with Gasteiger partial charge in [-0.1, -0.05) is 35.9 Å². The van der Waals surface area contributed by atoms with Crippen LogP contribution in [0.4, 0.5) is 11.5 Å². The Labute approximate surface area is 159 Å². The third-order valence-electron chi connectivity index (χ3n) is 4.39. The van der Waals surface area contributed by atoms with Crippen molar-refractivity contribution in [3.05, 3.63) is 82.3 Å². The van der Waals surface area contributed by atoms with Crippen LogP contribution in [0.2, 0.25) is 0 Å². The summed E-state index contributed by atoms with van der Waals surface area (Å²) in [5, 5.41) is 6.18. The smallest absolute Gasteiger partial charge is 0.270 e. The summed E-state index contributed by atoms with van der Waals surface area (Å²) < 4.78 is 0. The number of hydrogen-bond acceptors (Lipinski definition) is 4. The summed E-state index contributed by atoms with van der Waals surface area (Å²) in [6.45, 7) is 8.41. The van der Waals surface area contributed by atoms with E-state index in [-0.39, 0.29) is 5.91 Å². The van der Waals surface area contributed by atoms with Crippen molar-refractivity contribution < 1.29 is 4.79 Å². The molecule has 1 amide bonds. The van der Waals surface area contributed by atoms with Gasteiger partial charge in [-0.2, -0.15) is 0 Å². The van der Waals surface area contributed by atoms with E-state index in [4.69, 9.17) is 0 Å². The first-order chi connectivity index (χ1) is 12.9. The van der Waals surface area contributed by atoms with Gasteiger partial charge < -0.3 is 10.6 Å². The molecule has 0 aliphatic heterocycles. The van der Waals surface area contributed by atoms with Gasteiger partial charge in [0.1, 0.15) is 17.3 Å². The summed E-state index contributed by atoms with van der Waals surface area (Å²) in [7, 11) is 0. The lowest BCUT2D eigenvalue weighted by Gasteiger charge is -2.11. The fraction of sp³-hybridized carbons (Fsp3) is 0.227. The summed E-state index contributed by atoms with van der Waals surface area (Å²) in [4.78, 5) is 21.2. The van der Waals surface area contributed by atoms with Gasteiger partial charge in [-0.15, -0.1) is 0 Å². The summed E-state index contributed by atoms with van der Waals surface area (Å²) in [6, 6.07) is 15.8. The lowest BCUT2D eigenvalue weighted by molar-refractivity contribution is 0.0945. The molecule has 2 N–H and O–H groups in total. The van der Waals surface area contributed by atoms with E-state index in [1.54, 1.807) is 13.0 Å². The Hall–Kier alpha value is -3.21. The van der Waals surface area contributed by atoms with E-state index in [9.17, 15) is 4.79 Å². The fourth-order valence-electron chi connectivity index (χ4n) is 2.81. The van der Waals surface area contributed by atoms with Crippen molar-refractivity contribution in [2.45, 2.75) is 34.2 Å². The molecule has 0 unspecified atom stereocenters. The molecule has 0 radical (unpaired) electrons. The Balaban J connectivity index is 1.73. The molecule has 1 heterocycles. The number of aromatic nitrogens is 2. The third-order valence-corrected chi connectivity index (χ3v) is 4.39. The van der Waals surface area contributed by atoms with Gasteiger partial charge in [0, 0.05) is 18.3 Å². The average Bonchev–Trinajstić information content (AvgIpc) is 2.62. The van der Waals surface area contributed by atoms with Gasteiger partial charge in [-0.3, -0.25) is 4.79 Å². The van der Waals surface area contributed by atoms with E-state index in [1.165, 1.54) is 16.7 Å². The second-order valence-corrected chi connectivity index (χ2v) is 6.78. The molecule has 3 rings (SSSR count). The molecule has 27 heavy (non-hydrogen) atoms. The summed E-state index contributed by atoms with van der Waals surface area (Å²) in [5.41, 5.74) is 5.93. The zero-order valence-corrected chi connectivity index (χ0v) is 16.1. The zero-order valence-electron chi connectivity index (χ0n) is 16.1. The first kappa shape index (κ1) is 18.6. The molecule has 0 aliphatic carbocycles. The van der Waals surface area contributed by atoms with Crippen molar-refractivity contribution >= 4 is 17.4 Å². The van der Waals surface area contributed by atoms with Gasteiger partial charge in [-0.05, 0) is 56.5 Å². The van der Waals surface area contributed by atoms with Crippen LogP contribution in [0.25, 0.3) is 0 Å². The predicted molar refractivity (Wildman–Crippen MR) is 108 cm³/mol. The Morgan fingerprint density at radius 2 is 1.74 bits per heavy atom. The Kier molecular flexibility index (Phi) is 5.50. The lowest BCUT2D eigenvalue weighted by Crippen LogP contribution is -2.24. The van der Waals surface area contributed by atoms with Crippen LogP contribution in [0.5, 0.6) is 0 Å². The van der Waals surface area contributed by atoms with Crippen molar-refractivity contribution in [2.24, 2.45) is 0 Å². The van der Waals surface area contributed by atoms with Crippen LogP contribution in [0.1, 0.15) is 38.6 Å². The molecule has 0 bridgehead atoms. The minimum Gasteiger partial charge on any atom is -0.347 e. The van der Waals surface area contributed by atoms with Crippen molar-refractivity contribution in [3.63, 3.8) is 0 Å². The number of nitrogens with zero attached hydrogens (tertiary/aromatic N) is 2. The maximum atomic E-state index is 12.5. The third kappa shape index (κ3) is 4.91. The second kappa shape index (κ2) is 7.99. The first-order valence-corrected chi connectivity index (χ1v) is 8.94. The van der Waals surface area contributed by atoms with Crippen LogP contribution in [0, 0.1) is 27.7 Å². The average molecular weight is 360 g/mol. The standard InChI is InChI=1S/C22H24N4O/c1-14-6-5-7-18(10-14)13-23-22(27)20-12-21(25-17(4)24-20)26-19-9-8-15(2)16(3)11-19/h5-12H,13H2,1-4H3,(H,23,27)(H,24,25,26). The fourth-order valence-corrected chi connectivity index (χ4v) is 2.81. The minimum atomic E-state index is -0.217. The molecule has 2 aromatic carbocycles. The van der Waals surface area contributed by atoms with Crippen LogP contribution in [0.15, 0.2) is 48.5 Å². The molecular weight excluding hydrogens is 336 g/mol. The molecule has 0 fully saturated rings. The maximum absolute atomic E-state index is 12.5. The van der Waals surface area contributed by atoms with E-state index in [2.05, 4.69) is 52.6 Å². The van der Waals surface area contributed by atoms with E-state index in [0.29, 0.717) is 23.9 Å².